The largest absolute Gasteiger partial charge is 0.310 e. The molecule has 0 saturated carbocycles. The topological polar surface area (TPSA) is 17.8 Å². The van der Waals surface area contributed by atoms with E-state index in [2.05, 4.69) is 17.1 Å². The SMILES string of the molecule is ClCc1ccc2c(nc(Cl)n2Cc2ccccc2)c1Cl. The molecule has 1 heterocycles. The second-order valence-electron chi connectivity index (χ2n) is 4.49. The first-order valence-electron chi connectivity index (χ1n) is 6.13. The van der Waals surface area contributed by atoms with Crippen LogP contribution in [0.2, 0.25) is 10.3 Å². The molecule has 0 aliphatic rings. The van der Waals surface area contributed by atoms with Gasteiger partial charge in [0.1, 0.15) is 5.52 Å². The Morgan fingerprint density at radius 3 is 2.45 bits per heavy atom. The molecule has 0 spiro atoms. The summed E-state index contributed by atoms with van der Waals surface area (Å²) < 4.78 is 1.94. The highest BCUT2D eigenvalue weighted by Gasteiger charge is 2.14. The fourth-order valence-corrected chi connectivity index (χ4v) is 2.99. The van der Waals surface area contributed by atoms with Gasteiger partial charge in [0.25, 0.3) is 0 Å². The smallest absolute Gasteiger partial charge is 0.204 e. The van der Waals surface area contributed by atoms with Gasteiger partial charge in [-0.05, 0) is 28.8 Å². The number of rotatable bonds is 3. The van der Waals surface area contributed by atoms with Crippen molar-refractivity contribution in [1.82, 2.24) is 9.55 Å². The van der Waals surface area contributed by atoms with Crippen molar-refractivity contribution in [3.05, 3.63) is 63.9 Å². The van der Waals surface area contributed by atoms with E-state index in [0.717, 1.165) is 16.6 Å². The highest BCUT2D eigenvalue weighted by atomic mass is 35.5. The van der Waals surface area contributed by atoms with Gasteiger partial charge in [-0.2, -0.15) is 0 Å². The Morgan fingerprint density at radius 1 is 1.00 bits per heavy atom. The number of aromatic nitrogens is 2. The standard InChI is InChI=1S/C15H11Cl3N2/c16-8-11-6-7-12-14(13(11)17)19-15(18)20(12)9-10-4-2-1-3-5-10/h1-7H,8-9H2. The molecule has 3 aromatic rings. The molecule has 0 radical (unpaired) electrons. The van der Waals surface area contributed by atoms with E-state index in [1.165, 1.54) is 0 Å². The number of alkyl halides is 1. The molecule has 102 valence electrons. The molecule has 0 saturated heterocycles. The minimum absolute atomic E-state index is 0.359. The summed E-state index contributed by atoms with van der Waals surface area (Å²) in [5.41, 5.74) is 3.64. The molecule has 0 atom stereocenters. The van der Waals surface area contributed by atoms with E-state index in [9.17, 15) is 0 Å². The van der Waals surface area contributed by atoms with Crippen LogP contribution >= 0.6 is 34.8 Å². The van der Waals surface area contributed by atoms with Crippen molar-refractivity contribution in [2.45, 2.75) is 12.4 Å². The van der Waals surface area contributed by atoms with Gasteiger partial charge in [-0.3, -0.25) is 0 Å². The number of benzene rings is 2. The molecular formula is C15H11Cl3N2. The predicted molar refractivity (Wildman–Crippen MR) is 84.9 cm³/mol. The molecule has 1 aromatic heterocycles. The van der Waals surface area contributed by atoms with Crippen molar-refractivity contribution < 1.29 is 0 Å². The third-order valence-corrected chi connectivity index (χ3v) is 4.22. The third kappa shape index (κ3) is 2.39. The van der Waals surface area contributed by atoms with E-state index in [1.54, 1.807) is 0 Å². The van der Waals surface area contributed by atoms with Crippen molar-refractivity contribution in [1.29, 1.82) is 0 Å². The monoisotopic (exact) mass is 324 g/mol. The fourth-order valence-electron chi connectivity index (χ4n) is 2.19. The Balaban J connectivity index is 2.12. The van der Waals surface area contributed by atoms with Crippen molar-refractivity contribution in [2.75, 3.05) is 0 Å². The summed E-state index contributed by atoms with van der Waals surface area (Å²) in [4.78, 5) is 4.36. The van der Waals surface area contributed by atoms with Crippen LogP contribution in [-0.4, -0.2) is 9.55 Å². The Bertz CT molecular complexity index is 751. The highest BCUT2D eigenvalue weighted by molar-refractivity contribution is 6.37. The Morgan fingerprint density at radius 2 is 1.75 bits per heavy atom. The molecule has 5 heteroatoms. The molecule has 0 amide bonds. The van der Waals surface area contributed by atoms with Gasteiger partial charge < -0.3 is 4.57 Å². The van der Waals surface area contributed by atoms with Gasteiger partial charge in [0, 0.05) is 5.88 Å². The second kappa shape index (κ2) is 5.65. The Kier molecular flexibility index (Phi) is 3.88. The lowest BCUT2D eigenvalue weighted by molar-refractivity contribution is 0.825. The van der Waals surface area contributed by atoms with E-state index in [0.29, 0.717) is 28.2 Å². The van der Waals surface area contributed by atoms with Crippen LogP contribution in [-0.2, 0) is 12.4 Å². The summed E-state index contributed by atoms with van der Waals surface area (Å²) in [6.07, 6.45) is 0. The lowest BCUT2D eigenvalue weighted by Gasteiger charge is -2.07. The maximum atomic E-state index is 6.31. The minimum Gasteiger partial charge on any atom is -0.310 e. The van der Waals surface area contributed by atoms with Crippen LogP contribution in [0.1, 0.15) is 11.1 Å². The van der Waals surface area contributed by atoms with Crippen molar-refractivity contribution >= 4 is 45.8 Å². The van der Waals surface area contributed by atoms with Crippen LogP contribution in [0.3, 0.4) is 0 Å². The average Bonchev–Trinajstić information content (AvgIpc) is 2.78. The van der Waals surface area contributed by atoms with Gasteiger partial charge in [0.15, 0.2) is 0 Å². The first kappa shape index (κ1) is 13.7. The summed E-state index contributed by atoms with van der Waals surface area (Å²) in [7, 11) is 0. The highest BCUT2D eigenvalue weighted by Crippen LogP contribution is 2.30. The van der Waals surface area contributed by atoms with Crippen LogP contribution in [0.4, 0.5) is 0 Å². The quantitative estimate of drug-likeness (QED) is 0.610. The van der Waals surface area contributed by atoms with E-state index in [1.807, 2.05) is 34.9 Å². The molecule has 2 nitrogen and oxygen atoms in total. The zero-order valence-corrected chi connectivity index (χ0v) is 12.8. The number of nitrogens with zero attached hydrogens (tertiary/aromatic N) is 2. The minimum atomic E-state index is 0.359. The summed E-state index contributed by atoms with van der Waals surface area (Å²) in [5.74, 6) is 0.359. The lowest BCUT2D eigenvalue weighted by Crippen LogP contribution is -1.99. The Labute approximate surface area is 131 Å². The van der Waals surface area contributed by atoms with E-state index in [-0.39, 0.29) is 0 Å². The molecule has 0 aliphatic carbocycles. The van der Waals surface area contributed by atoms with E-state index in [4.69, 9.17) is 34.8 Å². The zero-order chi connectivity index (χ0) is 14.1. The molecule has 20 heavy (non-hydrogen) atoms. The van der Waals surface area contributed by atoms with Gasteiger partial charge in [0.2, 0.25) is 5.28 Å². The van der Waals surface area contributed by atoms with Gasteiger partial charge in [-0.15, -0.1) is 11.6 Å². The summed E-state index contributed by atoms with van der Waals surface area (Å²) in [6.45, 7) is 0.659. The fraction of sp³-hybridized carbons (Fsp3) is 0.133. The van der Waals surface area contributed by atoms with Crippen LogP contribution in [0.5, 0.6) is 0 Å². The first-order chi connectivity index (χ1) is 9.70. The number of hydrogen-bond donors (Lipinski definition) is 0. The third-order valence-electron chi connectivity index (χ3n) is 3.22. The molecular weight excluding hydrogens is 315 g/mol. The molecule has 3 rings (SSSR count). The van der Waals surface area contributed by atoms with Gasteiger partial charge in [-0.1, -0.05) is 48.0 Å². The van der Waals surface area contributed by atoms with Gasteiger partial charge in [0.05, 0.1) is 17.1 Å². The van der Waals surface area contributed by atoms with Crippen LogP contribution in [0, 0.1) is 0 Å². The summed E-state index contributed by atoms with van der Waals surface area (Å²) in [5, 5.41) is 1.00. The van der Waals surface area contributed by atoms with Gasteiger partial charge in [-0.25, -0.2) is 4.98 Å². The zero-order valence-electron chi connectivity index (χ0n) is 10.5. The van der Waals surface area contributed by atoms with Crippen molar-refractivity contribution in [3.63, 3.8) is 0 Å². The molecule has 0 aliphatic heterocycles. The maximum Gasteiger partial charge on any atom is 0.204 e. The molecule has 2 aromatic carbocycles. The Hall–Kier alpha value is -1.22. The maximum absolute atomic E-state index is 6.31. The van der Waals surface area contributed by atoms with Crippen molar-refractivity contribution in [3.8, 4) is 0 Å². The van der Waals surface area contributed by atoms with Crippen LogP contribution < -0.4 is 0 Å². The normalized spacial score (nSPS) is 11.2. The van der Waals surface area contributed by atoms with Crippen molar-refractivity contribution in [2.24, 2.45) is 0 Å². The second-order valence-corrected chi connectivity index (χ2v) is 5.48. The first-order valence-corrected chi connectivity index (χ1v) is 7.42. The number of hydrogen-bond acceptors (Lipinski definition) is 1. The number of fused-ring (bicyclic) bond motifs is 1. The summed E-state index contributed by atoms with van der Waals surface area (Å²) in [6, 6.07) is 14.0. The predicted octanol–water partition coefficient (Wildman–Crippen LogP) is 5.13. The lowest BCUT2D eigenvalue weighted by atomic mass is 10.2. The average molecular weight is 326 g/mol. The number of imidazole rings is 1. The van der Waals surface area contributed by atoms with Gasteiger partial charge >= 0.3 is 0 Å². The number of halogens is 3. The summed E-state index contributed by atoms with van der Waals surface area (Å²) >= 11 is 18.4. The van der Waals surface area contributed by atoms with E-state index < -0.39 is 0 Å². The van der Waals surface area contributed by atoms with Crippen LogP contribution in [0.15, 0.2) is 42.5 Å². The molecule has 0 bridgehead atoms. The molecule has 0 N–H and O–H groups in total. The van der Waals surface area contributed by atoms with Crippen LogP contribution in [0.25, 0.3) is 11.0 Å². The van der Waals surface area contributed by atoms with E-state index >= 15 is 0 Å². The molecule has 0 fully saturated rings. The molecule has 0 unspecified atom stereocenters.